The maximum atomic E-state index is 4.05. The second kappa shape index (κ2) is 7.49. The molecule has 4 rings (SSSR count). The highest BCUT2D eigenvalue weighted by Gasteiger charge is 2.17. The van der Waals surface area contributed by atoms with Crippen molar-refractivity contribution >= 4 is 5.69 Å². The van der Waals surface area contributed by atoms with Gasteiger partial charge < -0.3 is 10.2 Å². The van der Waals surface area contributed by atoms with Crippen LogP contribution < -0.4 is 10.2 Å². The quantitative estimate of drug-likeness (QED) is 0.742. The highest BCUT2D eigenvalue weighted by atomic mass is 15.1. The summed E-state index contributed by atoms with van der Waals surface area (Å²) in [6, 6.07) is 21.8. The van der Waals surface area contributed by atoms with Gasteiger partial charge in [-0.1, -0.05) is 42.5 Å². The Labute approximate surface area is 149 Å². The Morgan fingerprint density at radius 1 is 0.800 bits per heavy atom. The van der Waals surface area contributed by atoms with E-state index in [0.29, 0.717) is 0 Å². The van der Waals surface area contributed by atoms with Crippen molar-refractivity contribution in [3.05, 3.63) is 95.3 Å². The number of anilines is 1. The molecule has 0 radical (unpaired) electrons. The van der Waals surface area contributed by atoms with Crippen LogP contribution in [-0.2, 0) is 26.1 Å². The maximum absolute atomic E-state index is 4.05. The molecule has 1 aromatic heterocycles. The predicted molar refractivity (Wildman–Crippen MR) is 102 cm³/mol. The fraction of sp³-hybridized carbons (Fsp3) is 0.227. The molecule has 1 N–H and O–H groups in total. The standard InChI is InChI=1S/C22H23N3/c1-2-4-22-21(3-1)11-14-25(22)17-20-7-5-18(6-8-20)15-24-16-19-9-12-23-13-10-19/h1-10,12-13,24H,11,14-17H2. The lowest BCUT2D eigenvalue weighted by Gasteiger charge is -2.19. The zero-order chi connectivity index (χ0) is 16.9. The van der Waals surface area contributed by atoms with Gasteiger partial charge in [0.15, 0.2) is 0 Å². The summed E-state index contributed by atoms with van der Waals surface area (Å²) >= 11 is 0. The number of fused-ring (bicyclic) bond motifs is 1. The summed E-state index contributed by atoms with van der Waals surface area (Å²) in [5.74, 6) is 0. The second-order valence-electron chi connectivity index (χ2n) is 6.58. The van der Waals surface area contributed by atoms with Crippen molar-refractivity contribution in [2.45, 2.75) is 26.1 Å². The molecule has 0 spiro atoms. The number of pyridine rings is 1. The van der Waals surface area contributed by atoms with Crippen molar-refractivity contribution in [1.82, 2.24) is 10.3 Å². The van der Waals surface area contributed by atoms with Crippen LogP contribution in [0.4, 0.5) is 5.69 Å². The molecule has 0 amide bonds. The first-order chi connectivity index (χ1) is 12.4. The Morgan fingerprint density at radius 2 is 1.48 bits per heavy atom. The smallest absolute Gasteiger partial charge is 0.0429 e. The van der Waals surface area contributed by atoms with Gasteiger partial charge in [0.1, 0.15) is 0 Å². The number of hydrogen-bond donors (Lipinski definition) is 1. The molecule has 0 saturated carbocycles. The minimum Gasteiger partial charge on any atom is -0.367 e. The van der Waals surface area contributed by atoms with E-state index in [2.05, 4.69) is 63.7 Å². The normalized spacial score (nSPS) is 13.0. The van der Waals surface area contributed by atoms with Gasteiger partial charge in [-0.25, -0.2) is 0 Å². The third-order valence-electron chi connectivity index (χ3n) is 4.79. The molecule has 126 valence electrons. The molecule has 1 aliphatic rings. The van der Waals surface area contributed by atoms with E-state index in [1.807, 2.05) is 24.5 Å². The first-order valence-corrected chi connectivity index (χ1v) is 8.89. The molecule has 2 heterocycles. The summed E-state index contributed by atoms with van der Waals surface area (Å²) < 4.78 is 0. The van der Waals surface area contributed by atoms with Crippen molar-refractivity contribution in [3.63, 3.8) is 0 Å². The van der Waals surface area contributed by atoms with E-state index in [1.165, 1.54) is 27.9 Å². The molecule has 0 aliphatic carbocycles. The van der Waals surface area contributed by atoms with E-state index in [-0.39, 0.29) is 0 Å². The van der Waals surface area contributed by atoms with Crippen LogP contribution in [-0.4, -0.2) is 11.5 Å². The van der Waals surface area contributed by atoms with Crippen LogP contribution in [0.5, 0.6) is 0 Å². The molecule has 0 bridgehead atoms. The number of rotatable bonds is 6. The van der Waals surface area contributed by atoms with Gasteiger partial charge in [0.25, 0.3) is 0 Å². The molecule has 3 heteroatoms. The molecule has 0 fully saturated rings. The SMILES string of the molecule is c1ccc2c(c1)CCN2Cc1ccc(CNCc2ccncc2)cc1. The zero-order valence-corrected chi connectivity index (χ0v) is 14.4. The fourth-order valence-electron chi connectivity index (χ4n) is 3.41. The highest BCUT2D eigenvalue weighted by Crippen LogP contribution is 2.28. The lowest BCUT2D eigenvalue weighted by Crippen LogP contribution is -2.19. The molecule has 3 aromatic rings. The molecule has 25 heavy (non-hydrogen) atoms. The van der Waals surface area contributed by atoms with Gasteiger partial charge in [-0.3, -0.25) is 4.98 Å². The van der Waals surface area contributed by atoms with Gasteiger partial charge in [-0.15, -0.1) is 0 Å². The molecule has 3 nitrogen and oxygen atoms in total. The fourth-order valence-corrected chi connectivity index (χ4v) is 3.41. The van der Waals surface area contributed by atoms with Crippen molar-refractivity contribution in [3.8, 4) is 0 Å². The van der Waals surface area contributed by atoms with Crippen LogP contribution >= 0.6 is 0 Å². The molecular weight excluding hydrogens is 306 g/mol. The van der Waals surface area contributed by atoms with Crippen LogP contribution in [0.2, 0.25) is 0 Å². The van der Waals surface area contributed by atoms with Crippen LogP contribution in [0.15, 0.2) is 73.1 Å². The topological polar surface area (TPSA) is 28.2 Å². The van der Waals surface area contributed by atoms with Crippen molar-refractivity contribution in [2.75, 3.05) is 11.4 Å². The van der Waals surface area contributed by atoms with Crippen LogP contribution in [0.25, 0.3) is 0 Å². The van der Waals surface area contributed by atoms with Gasteiger partial charge in [0.2, 0.25) is 0 Å². The lowest BCUT2D eigenvalue weighted by molar-refractivity contribution is 0.692. The average Bonchev–Trinajstić information content (AvgIpc) is 3.07. The first kappa shape index (κ1) is 15.9. The number of nitrogens with zero attached hydrogens (tertiary/aromatic N) is 2. The first-order valence-electron chi connectivity index (χ1n) is 8.89. The Kier molecular flexibility index (Phi) is 4.75. The number of para-hydroxylation sites is 1. The summed E-state index contributed by atoms with van der Waals surface area (Å²) in [6.45, 7) is 3.86. The zero-order valence-electron chi connectivity index (χ0n) is 14.4. The van der Waals surface area contributed by atoms with Gasteiger partial charge in [-0.05, 0) is 46.9 Å². The number of hydrogen-bond acceptors (Lipinski definition) is 3. The summed E-state index contributed by atoms with van der Waals surface area (Å²) in [5.41, 5.74) is 6.82. The van der Waals surface area contributed by atoms with E-state index >= 15 is 0 Å². The van der Waals surface area contributed by atoms with E-state index in [0.717, 1.165) is 32.6 Å². The molecule has 0 saturated heterocycles. The Hall–Kier alpha value is -2.65. The minimum atomic E-state index is 0.870. The van der Waals surface area contributed by atoms with Gasteiger partial charge >= 0.3 is 0 Å². The van der Waals surface area contributed by atoms with E-state index in [9.17, 15) is 0 Å². The maximum Gasteiger partial charge on any atom is 0.0429 e. The molecule has 0 atom stereocenters. The van der Waals surface area contributed by atoms with Gasteiger partial charge in [0.05, 0.1) is 0 Å². The van der Waals surface area contributed by atoms with Gasteiger partial charge in [0, 0.05) is 44.3 Å². The van der Waals surface area contributed by atoms with Crippen LogP contribution in [0.3, 0.4) is 0 Å². The number of benzene rings is 2. The third-order valence-corrected chi connectivity index (χ3v) is 4.79. The summed E-state index contributed by atoms with van der Waals surface area (Å²) in [7, 11) is 0. The van der Waals surface area contributed by atoms with E-state index < -0.39 is 0 Å². The monoisotopic (exact) mass is 329 g/mol. The van der Waals surface area contributed by atoms with Crippen molar-refractivity contribution in [1.29, 1.82) is 0 Å². The number of aromatic nitrogens is 1. The molecule has 2 aromatic carbocycles. The average molecular weight is 329 g/mol. The molecular formula is C22H23N3. The summed E-state index contributed by atoms with van der Waals surface area (Å²) in [6.07, 6.45) is 4.83. The third kappa shape index (κ3) is 3.89. The predicted octanol–water partition coefficient (Wildman–Crippen LogP) is 3.93. The minimum absolute atomic E-state index is 0.870. The Morgan fingerprint density at radius 3 is 2.28 bits per heavy atom. The van der Waals surface area contributed by atoms with Crippen LogP contribution in [0, 0.1) is 0 Å². The molecule has 1 aliphatic heterocycles. The highest BCUT2D eigenvalue weighted by molar-refractivity contribution is 5.58. The number of nitrogens with one attached hydrogen (secondary N) is 1. The Bertz CT molecular complexity index is 812. The van der Waals surface area contributed by atoms with Gasteiger partial charge in [-0.2, -0.15) is 0 Å². The largest absolute Gasteiger partial charge is 0.367 e. The summed E-state index contributed by atoms with van der Waals surface area (Å²) in [5, 5.41) is 3.49. The molecule has 0 unspecified atom stereocenters. The van der Waals surface area contributed by atoms with Crippen molar-refractivity contribution in [2.24, 2.45) is 0 Å². The Balaban J connectivity index is 1.32. The summed E-state index contributed by atoms with van der Waals surface area (Å²) in [4.78, 5) is 6.52. The van der Waals surface area contributed by atoms with E-state index in [1.54, 1.807) is 0 Å². The van der Waals surface area contributed by atoms with Crippen molar-refractivity contribution < 1.29 is 0 Å². The lowest BCUT2D eigenvalue weighted by atomic mass is 10.1. The van der Waals surface area contributed by atoms with Crippen LogP contribution in [0.1, 0.15) is 22.3 Å². The second-order valence-corrected chi connectivity index (χ2v) is 6.58. The van der Waals surface area contributed by atoms with E-state index in [4.69, 9.17) is 0 Å².